The molecule has 0 radical (unpaired) electrons. The predicted octanol–water partition coefficient (Wildman–Crippen LogP) is 4.39. The smallest absolute Gasteiger partial charge is 0.118 e. The van der Waals surface area contributed by atoms with Crippen LogP contribution in [0.15, 0.2) is 24.3 Å². The Balaban J connectivity index is 2.56. The van der Waals surface area contributed by atoms with Crippen molar-refractivity contribution < 1.29 is 4.74 Å². The minimum atomic E-state index is 0.192. The highest BCUT2D eigenvalue weighted by Crippen LogP contribution is 2.19. The first-order chi connectivity index (χ1) is 9.94. The number of nitrogens with one attached hydrogen (secondary N) is 1. The fourth-order valence-electron chi connectivity index (χ4n) is 2.34. The van der Waals surface area contributed by atoms with E-state index in [9.17, 15) is 0 Å². The van der Waals surface area contributed by atoms with Gasteiger partial charge < -0.3 is 10.1 Å². The zero-order valence-electron chi connectivity index (χ0n) is 14.2. The molecule has 0 heterocycles. The Morgan fingerprint density at radius 1 is 1.19 bits per heavy atom. The average molecular weight is 310 g/mol. The molecule has 1 unspecified atom stereocenters. The Labute approximate surface area is 135 Å². The molecule has 2 nitrogen and oxygen atoms in total. The van der Waals surface area contributed by atoms with Crippen molar-refractivity contribution in [2.75, 3.05) is 25.7 Å². The summed E-state index contributed by atoms with van der Waals surface area (Å²) in [6, 6.07) is 8.51. The van der Waals surface area contributed by atoms with Crippen LogP contribution in [-0.2, 0) is 6.42 Å². The summed E-state index contributed by atoms with van der Waals surface area (Å²) in [6.45, 7) is 7.79. The van der Waals surface area contributed by atoms with E-state index in [-0.39, 0.29) is 5.54 Å². The minimum Gasteiger partial charge on any atom is -0.497 e. The highest BCUT2D eigenvalue weighted by Gasteiger charge is 2.14. The molecule has 3 heteroatoms. The molecule has 1 aromatic carbocycles. The summed E-state index contributed by atoms with van der Waals surface area (Å²) in [7, 11) is 1.72. The van der Waals surface area contributed by atoms with Crippen LogP contribution in [0, 0.1) is 5.92 Å². The SMILES string of the molecule is COc1ccc(CC(CCCSC)CNC(C)(C)C)cc1. The number of thioether (sulfide) groups is 1. The molecule has 1 rings (SSSR count). The van der Waals surface area contributed by atoms with Crippen LogP contribution >= 0.6 is 11.8 Å². The topological polar surface area (TPSA) is 21.3 Å². The van der Waals surface area contributed by atoms with Gasteiger partial charge in [-0.2, -0.15) is 11.8 Å². The average Bonchev–Trinajstić information content (AvgIpc) is 2.45. The molecule has 0 saturated carbocycles. The number of ether oxygens (including phenoxy) is 1. The van der Waals surface area contributed by atoms with Crippen molar-refractivity contribution in [3.63, 3.8) is 0 Å². The molecule has 0 aliphatic carbocycles. The van der Waals surface area contributed by atoms with Crippen molar-refractivity contribution in [3.8, 4) is 5.75 Å². The molecule has 0 fully saturated rings. The number of benzene rings is 1. The normalized spacial score (nSPS) is 13.2. The second kappa shape index (κ2) is 9.37. The van der Waals surface area contributed by atoms with E-state index in [1.54, 1.807) is 7.11 Å². The number of hydrogen-bond acceptors (Lipinski definition) is 3. The first-order valence-electron chi connectivity index (χ1n) is 7.81. The summed E-state index contributed by atoms with van der Waals surface area (Å²) < 4.78 is 5.23. The second-order valence-electron chi connectivity index (χ2n) is 6.68. The van der Waals surface area contributed by atoms with E-state index < -0.39 is 0 Å². The molecule has 1 aromatic rings. The minimum absolute atomic E-state index is 0.192. The first-order valence-corrected chi connectivity index (χ1v) is 9.21. The van der Waals surface area contributed by atoms with Crippen molar-refractivity contribution in [3.05, 3.63) is 29.8 Å². The monoisotopic (exact) mass is 309 g/mol. The lowest BCUT2D eigenvalue weighted by Gasteiger charge is -2.25. The zero-order chi connectivity index (χ0) is 15.7. The van der Waals surface area contributed by atoms with Crippen molar-refractivity contribution >= 4 is 11.8 Å². The van der Waals surface area contributed by atoms with Crippen molar-refractivity contribution in [2.45, 2.75) is 45.6 Å². The third-order valence-corrected chi connectivity index (χ3v) is 4.26. The van der Waals surface area contributed by atoms with Gasteiger partial charge in [-0.05, 0) is 82.2 Å². The lowest BCUT2D eigenvalue weighted by molar-refractivity contribution is 0.355. The maximum Gasteiger partial charge on any atom is 0.118 e. The molecular weight excluding hydrogens is 278 g/mol. The fraction of sp³-hybridized carbons (Fsp3) is 0.667. The zero-order valence-corrected chi connectivity index (χ0v) is 15.1. The van der Waals surface area contributed by atoms with Crippen LogP contribution in [0.5, 0.6) is 5.75 Å². The van der Waals surface area contributed by atoms with Crippen LogP contribution < -0.4 is 10.1 Å². The molecule has 0 aliphatic rings. The molecule has 0 amide bonds. The van der Waals surface area contributed by atoms with Gasteiger partial charge in [-0.3, -0.25) is 0 Å². The molecular formula is C18H31NOS. The van der Waals surface area contributed by atoms with Gasteiger partial charge in [-0.1, -0.05) is 12.1 Å². The summed E-state index contributed by atoms with van der Waals surface area (Å²) in [5, 5.41) is 3.66. The maximum atomic E-state index is 5.23. The van der Waals surface area contributed by atoms with E-state index in [4.69, 9.17) is 4.74 Å². The highest BCUT2D eigenvalue weighted by atomic mass is 32.2. The molecule has 0 bridgehead atoms. The van der Waals surface area contributed by atoms with Gasteiger partial charge in [-0.15, -0.1) is 0 Å². The van der Waals surface area contributed by atoms with Crippen LogP contribution in [0.1, 0.15) is 39.2 Å². The standard InChI is InChI=1S/C18H31NOS/c1-18(2,3)19-14-16(7-6-12-21-5)13-15-8-10-17(20-4)11-9-15/h8-11,16,19H,6-7,12-14H2,1-5H3. The van der Waals surface area contributed by atoms with E-state index in [0.29, 0.717) is 5.92 Å². The summed E-state index contributed by atoms with van der Waals surface area (Å²) >= 11 is 1.94. The summed E-state index contributed by atoms with van der Waals surface area (Å²) in [5.74, 6) is 2.89. The van der Waals surface area contributed by atoms with Crippen molar-refractivity contribution in [2.24, 2.45) is 5.92 Å². The van der Waals surface area contributed by atoms with Gasteiger partial charge in [0.2, 0.25) is 0 Å². The Bertz CT molecular complexity index is 383. The lowest BCUT2D eigenvalue weighted by Crippen LogP contribution is -2.39. The van der Waals surface area contributed by atoms with E-state index in [1.165, 1.54) is 24.2 Å². The van der Waals surface area contributed by atoms with Gasteiger partial charge >= 0.3 is 0 Å². The van der Waals surface area contributed by atoms with E-state index >= 15 is 0 Å². The Morgan fingerprint density at radius 3 is 2.38 bits per heavy atom. The van der Waals surface area contributed by atoms with Gasteiger partial charge in [0, 0.05) is 5.54 Å². The molecule has 0 spiro atoms. The van der Waals surface area contributed by atoms with Crippen molar-refractivity contribution in [1.82, 2.24) is 5.32 Å². The molecule has 0 aliphatic heterocycles. The Kier molecular flexibility index (Phi) is 8.20. The van der Waals surface area contributed by atoms with Gasteiger partial charge in [0.05, 0.1) is 7.11 Å². The second-order valence-corrected chi connectivity index (χ2v) is 7.67. The van der Waals surface area contributed by atoms with Crippen LogP contribution in [0.4, 0.5) is 0 Å². The predicted molar refractivity (Wildman–Crippen MR) is 95.6 cm³/mol. The summed E-state index contributed by atoms with van der Waals surface area (Å²) in [5.41, 5.74) is 1.60. The third-order valence-electron chi connectivity index (χ3n) is 3.57. The summed E-state index contributed by atoms with van der Waals surface area (Å²) in [6.07, 6.45) is 5.91. The Hall–Kier alpha value is -0.670. The van der Waals surface area contributed by atoms with E-state index in [1.807, 2.05) is 11.8 Å². The Morgan fingerprint density at radius 2 is 1.86 bits per heavy atom. The number of methoxy groups -OCH3 is 1. The van der Waals surface area contributed by atoms with E-state index in [2.05, 4.69) is 56.6 Å². The van der Waals surface area contributed by atoms with Gasteiger partial charge in [0.25, 0.3) is 0 Å². The van der Waals surface area contributed by atoms with E-state index in [0.717, 1.165) is 18.7 Å². The van der Waals surface area contributed by atoms with Gasteiger partial charge in [0.15, 0.2) is 0 Å². The quantitative estimate of drug-likeness (QED) is 0.684. The van der Waals surface area contributed by atoms with Crippen LogP contribution in [0.25, 0.3) is 0 Å². The fourth-order valence-corrected chi connectivity index (χ4v) is 2.79. The lowest BCUT2D eigenvalue weighted by atomic mass is 9.94. The molecule has 0 aromatic heterocycles. The number of hydrogen-bond donors (Lipinski definition) is 1. The summed E-state index contributed by atoms with van der Waals surface area (Å²) in [4.78, 5) is 0. The van der Waals surface area contributed by atoms with Crippen molar-refractivity contribution in [1.29, 1.82) is 0 Å². The molecule has 21 heavy (non-hydrogen) atoms. The van der Waals surface area contributed by atoms with Crippen LogP contribution in [-0.4, -0.2) is 31.2 Å². The van der Waals surface area contributed by atoms with Crippen LogP contribution in [0.3, 0.4) is 0 Å². The van der Waals surface area contributed by atoms with Crippen LogP contribution in [0.2, 0.25) is 0 Å². The highest BCUT2D eigenvalue weighted by molar-refractivity contribution is 7.98. The van der Waals surface area contributed by atoms with Gasteiger partial charge in [0.1, 0.15) is 5.75 Å². The first kappa shape index (κ1) is 18.4. The molecule has 0 saturated heterocycles. The molecule has 120 valence electrons. The maximum absolute atomic E-state index is 5.23. The third kappa shape index (κ3) is 8.37. The molecule has 1 N–H and O–H groups in total. The van der Waals surface area contributed by atoms with Gasteiger partial charge in [-0.25, -0.2) is 0 Å². The largest absolute Gasteiger partial charge is 0.497 e. The number of rotatable bonds is 9. The molecule has 1 atom stereocenters.